The molecular weight excluding hydrogens is 418 g/mol. The predicted molar refractivity (Wildman–Crippen MR) is 119 cm³/mol. The molecule has 9 nitrogen and oxygen atoms in total. The standard InChI is InChI=1S/C21H23N5O4S/c1-14(2)12-30-18-9-7-15(8-10-18)20-23-24-21(25(20)3)31-13-19(27)22-16-5-4-6-17(11-16)26(28)29/h4-11,14H,12-13H2,1-3H3,(H,22,27). The summed E-state index contributed by atoms with van der Waals surface area (Å²) in [7, 11) is 1.83. The smallest absolute Gasteiger partial charge is 0.271 e. The molecule has 0 unspecified atom stereocenters. The van der Waals surface area contributed by atoms with E-state index in [-0.39, 0.29) is 17.3 Å². The third kappa shape index (κ3) is 6.05. The van der Waals surface area contributed by atoms with E-state index in [1.54, 1.807) is 6.07 Å². The van der Waals surface area contributed by atoms with E-state index < -0.39 is 4.92 Å². The number of carbonyl (C=O) groups excluding carboxylic acids is 1. The minimum Gasteiger partial charge on any atom is -0.493 e. The Morgan fingerprint density at radius 2 is 1.97 bits per heavy atom. The largest absolute Gasteiger partial charge is 0.493 e. The highest BCUT2D eigenvalue weighted by atomic mass is 32.2. The molecule has 0 bridgehead atoms. The highest BCUT2D eigenvalue weighted by Gasteiger charge is 2.14. The van der Waals surface area contributed by atoms with E-state index in [2.05, 4.69) is 29.4 Å². The minimum absolute atomic E-state index is 0.0796. The molecule has 3 rings (SSSR count). The summed E-state index contributed by atoms with van der Waals surface area (Å²) in [6, 6.07) is 13.4. The molecule has 0 spiro atoms. The fourth-order valence-electron chi connectivity index (χ4n) is 2.68. The van der Waals surface area contributed by atoms with E-state index in [1.807, 2.05) is 35.9 Å². The molecule has 0 atom stereocenters. The number of nitrogens with one attached hydrogen (secondary N) is 1. The average Bonchev–Trinajstić information content (AvgIpc) is 3.11. The second kappa shape index (κ2) is 10.1. The van der Waals surface area contributed by atoms with Crippen molar-refractivity contribution in [2.75, 3.05) is 17.7 Å². The zero-order valence-electron chi connectivity index (χ0n) is 17.4. The molecule has 0 radical (unpaired) electrons. The van der Waals surface area contributed by atoms with Crippen LogP contribution in [0, 0.1) is 16.0 Å². The fraction of sp³-hybridized carbons (Fsp3) is 0.286. The molecule has 0 saturated heterocycles. The van der Waals surface area contributed by atoms with Crippen molar-refractivity contribution >= 4 is 29.0 Å². The van der Waals surface area contributed by atoms with Crippen LogP contribution in [0.4, 0.5) is 11.4 Å². The van der Waals surface area contributed by atoms with Gasteiger partial charge in [-0.1, -0.05) is 31.7 Å². The van der Waals surface area contributed by atoms with Crippen LogP contribution < -0.4 is 10.1 Å². The number of anilines is 1. The van der Waals surface area contributed by atoms with E-state index in [0.717, 1.165) is 11.3 Å². The zero-order chi connectivity index (χ0) is 22.4. The number of carbonyl (C=O) groups is 1. The number of thioether (sulfide) groups is 1. The van der Waals surface area contributed by atoms with Crippen LogP contribution in [0.2, 0.25) is 0 Å². The van der Waals surface area contributed by atoms with Crippen LogP contribution >= 0.6 is 11.8 Å². The number of rotatable bonds is 9. The first-order valence-corrected chi connectivity index (χ1v) is 10.6. The van der Waals surface area contributed by atoms with E-state index in [9.17, 15) is 14.9 Å². The monoisotopic (exact) mass is 441 g/mol. The molecule has 0 saturated carbocycles. The van der Waals surface area contributed by atoms with Gasteiger partial charge < -0.3 is 14.6 Å². The number of benzene rings is 2. The predicted octanol–water partition coefficient (Wildman–Crippen LogP) is 4.16. The Bertz CT molecular complexity index is 1070. The van der Waals surface area contributed by atoms with Crippen molar-refractivity contribution < 1.29 is 14.5 Å². The number of hydrogen-bond acceptors (Lipinski definition) is 7. The third-order valence-corrected chi connectivity index (χ3v) is 5.22. The molecule has 0 aliphatic heterocycles. The normalized spacial score (nSPS) is 10.8. The molecule has 3 aromatic rings. The fourth-order valence-corrected chi connectivity index (χ4v) is 3.39. The van der Waals surface area contributed by atoms with Crippen LogP contribution in [0.15, 0.2) is 53.7 Å². The van der Waals surface area contributed by atoms with Gasteiger partial charge in [0, 0.05) is 30.4 Å². The van der Waals surface area contributed by atoms with Crippen molar-refractivity contribution in [2.45, 2.75) is 19.0 Å². The quantitative estimate of drug-likeness (QED) is 0.301. The Hall–Kier alpha value is -3.40. The molecule has 162 valence electrons. The van der Waals surface area contributed by atoms with Gasteiger partial charge >= 0.3 is 0 Å². The van der Waals surface area contributed by atoms with E-state index in [1.165, 1.54) is 30.0 Å². The van der Waals surface area contributed by atoms with Crippen molar-refractivity contribution in [3.63, 3.8) is 0 Å². The highest BCUT2D eigenvalue weighted by molar-refractivity contribution is 7.99. The molecule has 0 fully saturated rings. The summed E-state index contributed by atoms with van der Waals surface area (Å²) >= 11 is 1.23. The van der Waals surface area contributed by atoms with Gasteiger partial charge in [0.15, 0.2) is 11.0 Å². The van der Waals surface area contributed by atoms with Crippen molar-refractivity contribution in [3.05, 3.63) is 58.6 Å². The van der Waals surface area contributed by atoms with Crippen LogP contribution in [-0.2, 0) is 11.8 Å². The van der Waals surface area contributed by atoms with Gasteiger partial charge in [0.1, 0.15) is 5.75 Å². The zero-order valence-corrected chi connectivity index (χ0v) is 18.3. The molecule has 1 N–H and O–H groups in total. The van der Waals surface area contributed by atoms with Crippen LogP contribution in [0.5, 0.6) is 5.75 Å². The summed E-state index contributed by atoms with van der Waals surface area (Å²) < 4.78 is 7.51. The SMILES string of the molecule is CC(C)COc1ccc(-c2nnc(SCC(=O)Nc3cccc([N+](=O)[O-])c3)n2C)cc1. The number of amides is 1. The summed E-state index contributed by atoms with van der Waals surface area (Å²) in [4.78, 5) is 22.6. The Kier molecular flexibility index (Phi) is 7.24. The molecule has 1 amide bonds. The average molecular weight is 442 g/mol. The lowest BCUT2D eigenvalue weighted by atomic mass is 10.2. The first kappa shape index (κ1) is 22.3. The Balaban J connectivity index is 1.59. The molecule has 0 aliphatic carbocycles. The summed E-state index contributed by atoms with van der Waals surface area (Å²) in [5.74, 6) is 1.73. The van der Waals surface area contributed by atoms with Gasteiger partial charge in [-0.3, -0.25) is 14.9 Å². The molecule has 1 heterocycles. The Labute approximate surface area is 184 Å². The number of hydrogen-bond donors (Lipinski definition) is 1. The number of ether oxygens (including phenoxy) is 1. The lowest BCUT2D eigenvalue weighted by Gasteiger charge is -2.09. The van der Waals surface area contributed by atoms with E-state index in [4.69, 9.17) is 4.74 Å². The Morgan fingerprint density at radius 3 is 2.65 bits per heavy atom. The molecule has 31 heavy (non-hydrogen) atoms. The molecular formula is C21H23N5O4S. The van der Waals surface area contributed by atoms with Gasteiger partial charge in [0.2, 0.25) is 5.91 Å². The minimum atomic E-state index is -0.505. The van der Waals surface area contributed by atoms with E-state index >= 15 is 0 Å². The number of non-ortho nitro benzene ring substituents is 1. The number of aromatic nitrogens is 3. The number of nitro groups is 1. The van der Waals surface area contributed by atoms with Crippen molar-refractivity contribution in [1.82, 2.24) is 14.8 Å². The maximum absolute atomic E-state index is 12.2. The highest BCUT2D eigenvalue weighted by Crippen LogP contribution is 2.25. The van der Waals surface area contributed by atoms with Crippen molar-refractivity contribution in [3.8, 4) is 17.1 Å². The number of nitrogens with zero attached hydrogens (tertiary/aromatic N) is 4. The van der Waals surface area contributed by atoms with Crippen LogP contribution in [-0.4, -0.2) is 38.0 Å². The van der Waals surface area contributed by atoms with E-state index in [0.29, 0.717) is 29.2 Å². The Morgan fingerprint density at radius 1 is 1.23 bits per heavy atom. The van der Waals surface area contributed by atoms with Gasteiger partial charge in [0.05, 0.1) is 17.3 Å². The lowest BCUT2D eigenvalue weighted by Crippen LogP contribution is -2.14. The topological polar surface area (TPSA) is 112 Å². The van der Waals surface area contributed by atoms with Crippen LogP contribution in [0.3, 0.4) is 0 Å². The van der Waals surface area contributed by atoms with Gasteiger partial charge in [-0.15, -0.1) is 10.2 Å². The number of nitro benzene ring substituents is 1. The maximum Gasteiger partial charge on any atom is 0.271 e. The summed E-state index contributed by atoms with van der Waals surface area (Å²) in [5, 5.41) is 22.5. The summed E-state index contributed by atoms with van der Waals surface area (Å²) in [5.41, 5.74) is 1.18. The summed E-state index contributed by atoms with van der Waals surface area (Å²) in [6.45, 7) is 4.84. The molecule has 1 aromatic heterocycles. The molecule has 2 aromatic carbocycles. The third-order valence-electron chi connectivity index (χ3n) is 4.20. The second-order valence-corrected chi connectivity index (χ2v) is 8.18. The second-order valence-electron chi connectivity index (χ2n) is 7.24. The van der Waals surface area contributed by atoms with Gasteiger partial charge in [0.25, 0.3) is 5.69 Å². The maximum atomic E-state index is 12.2. The van der Waals surface area contributed by atoms with Crippen LogP contribution in [0.25, 0.3) is 11.4 Å². The van der Waals surface area contributed by atoms with Gasteiger partial charge in [-0.2, -0.15) is 0 Å². The van der Waals surface area contributed by atoms with Gasteiger partial charge in [-0.05, 0) is 36.2 Å². The first-order chi connectivity index (χ1) is 14.8. The van der Waals surface area contributed by atoms with Crippen molar-refractivity contribution in [1.29, 1.82) is 0 Å². The lowest BCUT2D eigenvalue weighted by molar-refractivity contribution is -0.384. The molecule has 10 heteroatoms. The molecule has 0 aliphatic rings. The van der Waals surface area contributed by atoms with Gasteiger partial charge in [-0.25, -0.2) is 0 Å². The van der Waals surface area contributed by atoms with Crippen molar-refractivity contribution in [2.24, 2.45) is 13.0 Å². The first-order valence-electron chi connectivity index (χ1n) is 9.63. The summed E-state index contributed by atoms with van der Waals surface area (Å²) in [6.07, 6.45) is 0. The van der Waals surface area contributed by atoms with Crippen LogP contribution in [0.1, 0.15) is 13.8 Å².